The Morgan fingerprint density at radius 3 is 2.78 bits per heavy atom. The Labute approximate surface area is 135 Å². The van der Waals surface area contributed by atoms with Crippen molar-refractivity contribution in [3.8, 4) is 5.75 Å². The first-order valence-electron chi connectivity index (χ1n) is 8.32. The van der Waals surface area contributed by atoms with Crippen LogP contribution in [0, 0.1) is 0 Å². The van der Waals surface area contributed by atoms with Crippen LogP contribution in [-0.2, 0) is 11.3 Å². The van der Waals surface area contributed by atoms with Gasteiger partial charge in [-0.3, -0.25) is 9.69 Å². The van der Waals surface area contributed by atoms with E-state index in [1.54, 1.807) is 19.1 Å². The molecule has 0 aliphatic carbocycles. The lowest BCUT2D eigenvalue weighted by atomic mass is 9.96. The van der Waals surface area contributed by atoms with Gasteiger partial charge in [0.2, 0.25) is 5.91 Å². The summed E-state index contributed by atoms with van der Waals surface area (Å²) >= 11 is 0. The van der Waals surface area contributed by atoms with Crippen LogP contribution in [0.25, 0.3) is 11.0 Å². The van der Waals surface area contributed by atoms with Gasteiger partial charge in [-0.25, -0.2) is 0 Å². The van der Waals surface area contributed by atoms with Crippen molar-refractivity contribution in [1.29, 1.82) is 0 Å². The molecule has 2 aromatic rings. The quantitative estimate of drug-likeness (QED) is 0.914. The number of rotatable bonds is 3. The number of aromatic hydroxyl groups is 1. The van der Waals surface area contributed by atoms with Crippen molar-refractivity contribution in [2.24, 2.45) is 0 Å². The van der Waals surface area contributed by atoms with E-state index >= 15 is 0 Å². The van der Waals surface area contributed by atoms with E-state index in [0.29, 0.717) is 18.1 Å². The van der Waals surface area contributed by atoms with E-state index in [1.165, 1.54) is 18.4 Å². The molecule has 2 aliphatic heterocycles. The first-order valence-corrected chi connectivity index (χ1v) is 8.32. The average Bonchev–Trinajstić information content (AvgIpc) is 2.98. The number of furan rings is 1. The third-order valence-electron chi connectivity index (χ3n) is 5.28. The van der Waals surface area contributed by atoms with E-state index in [0.717, 1.165) is 30.4 Å². The Bertz CT molecular complexity index is 725. The smallest absolute Gasteiger partial charge is 0.217 e. The number of amides is 1. The lowest BCUT2D eigenvalue weighted by molar-refractivity contribution is -0.120. The average molecular weight is 314 g/mol. The summed E-state index contributed by atoms with van der Waals surface area (Å²) in [6.07, 6.45) is 6.29. The highest BCUT2D eigenvalue weighted by molar-refractivity contribution is 5.82. The second kappa shape index (κ2) is 5.57. The number of carbonyl (C=O) groups is 1. The molecule has 2 aliphatic rings. The number of piperidine rings is 1. The number of nitrogens with one attached hydrogen (secondary N) is 1. The van der Waals surface area contributed by atoms with Crippen molar-refractivity contribution in [2.45, 2.75) is 57.3 Å². The van der Waals surface area contributed by atoms with E-state index in [1.807, 2.05) is 12.3 Å². The second-order valence-corrected chi connectivity index (χ2v) is 6.87. The zero-order valence-electron chi connectivity index (χ0n) is 13.3. The summed E-state index contributed by atoms with van der Waals surface area (Å²) in [6, 6.07) is 6.69. The molecule has 2 bridgehead atoms. The van der Waals surface area contributed by atoms with Crippen LogP contribution in [0.3, 0.4) is 0 Å². The van der Waals surface area contributed by atoms with E-state index < -0.39 is 0 Å². The summed E-state index contributed by atoms with van der Waals surface area (Å²) in [5, 5.41) is 13.7. The zero-order chi connectivity index (χ0) is 16.0. The maximum atomic E-state index is 11.3. The van der Waals surface area contributed by atoms with Crippen LogP contribution in [0.1, 0.15) is 38.2 Å². The monoisotopic (exact) mass is 314 g/mol. The standard InChI is InChI=1S/C18H22N2O3/c1-11(21)19-13-6-14-2-3-15(7-13)20(14)9-12-10-23-18-8-16(22)4-5-17(12)18/h4-5,8,10,13-15,22H,2-3,6-7,9H2,1H3,(H,19,21)/t13?,14-,15+. The largest absolute Gasteiger partial charge is 0.508 e. The lowest BCUT2D eigenvalue weighted by Gasteiger charge is -2.39. The summed E-state index contributed by atoms with van der Waals surface area (Å²) in [6.45, 7) is 2.47. The number of fused-ring (bicyclic) bond motifs is 3. The predicted molar refractivity (Wildman–Crippen MR) is 87.1 cm³/mol. The molecule has 5 nitrogen and oxygen atoms in total. The highest BCUT2D eigenvalue weighted by Gasteiger charge is 2.40. The zero-order valence-corrected chi connectivity index (χ0v) is 13.3. The van der Waals surface area contributed by atoms with Crippen molar-refractivity contribution in [3.05, 3.63) is 30.0 Å². The van der Waals surface area contributed by atoms with Gasteiger partial charge >= 0.3 is 0 Å². The Hall–Kier alpha value is -2.01. The Balaban J connectivity index is 1.52. The Morgan fingerprint density at radius 1 is 1.35 bits per heavy atom. The van der Waals surface area contributed by atoms with Gasteiger partial charge in [0, 0.05) is 48.6 Å². The van der Waals surface area contributed by atoms with Crippen LogP contribution in [-0.4, -0.2) is 34.0 Å². The van der Waals surface area contributed by atoms with Crippen LogP contribution < -0.4 is 5.32 Å². The Morgan fingerprint density at radius 2 is 2.09 bits per heavy atom. The number of phenols is 1. The summed E-state index contributed by atoms with van der Waals surface area (Å²) in [5.41, 5.74) is 1.91. The molecule has 3 heterocycles. The third kappa shape index (κ3) is 2.70. The first kappa shape index (κ1) is 14.6. The molecule has 1 aromatic heterocycles. The van der Waals surface area contributed by atoms with Gasteiger partial charge in [-0.05, 0) is 37.8 Å². The predicted octanol–water partition coefficient (Wildman–Crippen LogP) is 2.77. The van der Waals surface area contributed by atoms with Gasteiger partial charge in [-0.2, -0.15) is 0 Å². The fourth-order valence-electron chi connectivity index (χ4n) is 4.33. The molecule has 1 amide bonds. The number of hydrogen-bond acceptors (Lipinski definition) is 4. The molecule has 2 N–H and O–H groups in total. The minimum Gasteiger partial charge on any atom is -0.508 e. The van der Waals surface area contributed by atoms with Crippen molar-refractivity contribution < 1.29 is 14.3 Å². The molecule has 1 aromatic carbocycles. The minimum atomic E-state index is 0.0727. The second-order valence-electron chi connectivity index (χ2n) is 6.87. The molecule has 0 radical (unpaired) electrons. The molecule has 2 saturated heterocycles. The van der Waals surface area contributed by atoms with Crippen LogP contribution in [0.15, 0.2) is 28.9 Å². The van der Waals surface area contributed by atoms with Gasteiger partial charge in [0.15, 0.2) is 0 Å². The van der Waals surface area contributed by atoms with Crippen molar-refractivity contribution >= 4 is 16.9 Å². The molecular weight excluding hydrogens is 292 g/mol. The highest BCUT2D eigenvalue weighted by atomic mass is 16.3. The van der Waals surface area contributed by atoms with E-state index in [9.17, 15) is 9.90 Å². The maximum Gasteiger partial charge on any atom is 0.217 e. The molecule has 4 rings (SSSR count). The fourth-order valence-corrected chi connectivity index (χ4v) is 4.33. The molecule has 5 heteroatoms. The Kier molecular flexibility index (Phi) is 3.53. The summed E-state index contributed by atoms with van der Waals surface area (Å²) in [4.78, 5) is 13.9. The molecular formula is C18H22N2O3. The number of carbonyl (C=O) groups excluding carboxylic acids is 1. The van der Waals surface area contributed by atoms with Gasteiger partial charge in [0.05, 0.1) is 6.26 Å². The van der Waals surface area contributed by atoms with Gasteiger partial charge in [-0.15, -0.1) is 0 Å². The number of nitrogens with zero attached hydrogens (tertiary/aromatic N) is 1. The van der Waals surface area contributed by atoms with E-state index in [-0.39, 0.29) is 11.7 Å². The minimum absolute atomic E-state index is 0.0727. The van der Waals surface area contributed by atoms with Gasteiger partial charge in [-0.1, -0.05) is 0 Å². The SMILES string of the molecule is CC(=O)NC1C[C@H]2CC[C@@H](C1)N2Cc1coc2cc(O)ccc12. The van der Waals surface area contributed by atoms with Gasteiger partial charge < -0.3 is 14.8 Å². The number of benzene rings is 1. The van der Waals surface area contributed by atoms with E-state index in [4.69, 9.17) is 4.42 Å². The van der Waals surface area contributed by atoms with Crippen molar-refractivity contribution in [1.82, 2.24) is 10.2 Å². The summed E-state index contributed by atoms with van der Waals surface area (Å²) in [7, 11) is 0. The first-order chi connectivity index (χ1) is 11.1. The van der Waals surface area contributed by atoms with Crippen LogP contribution in [0.4, 0.5) is 0 Å². The molecule has 122 valence electrons. The molecule has 2 fully saturated rings. The molecule has 3 atom stereocenters. The fraction of sp³-hybridized carbons (Fsp3) is 0.500. The third-order valence-corrected chi connectivity index (χ3v) is 5.28. The van der Waals surface area contributed by atoms with Gasteiger partial charge in [0.1, 0.15) is 11.3 Å². The summed E-state index contributed by atoms with van der Waals surface area (Å²) in [5.74, 6) is 0.304. The van der Waals surface area contributed by atoms with Gasteiger partial charge in [0.25, 0.3) is 0 Å². The summed E-state index contributed by atoms with van der Waals surface area (Å²) < 4.78 is 5.59. The highest BCUT2D eigenvalue weighted by Crippen LogP contribution is 2.38. The van der Waals surface area contributed by atoms with E-state index in [2.05, 4.69) is 10.2 Å². The van der Waals surface area contributed by atoms with Crippen LogP contribution in [0.2, 0.25) is 0 Å². The molecule has 1 unspecified atom stereocenters. The molecule has 0 saturated carbocycles. The van der Waals surface area contributed by atoms with Crippen molar-refractivity contribution in [3.63, 3.8) is 0 Å². The van der Waals surface area contributed by atoms with Crippen molar-refractivity contribution in [2.75, 3.05) is 0 Å². The van der Waals surface area contributed by atoms with Crippen LogP contribution in [0.5, 0.6) is 5.75 Å². The normalized spacial score (nSPS) is 27.4. The number of phenolic OH excluding ortho intramolecular Hbond substituents is 1. The maximum absolute atomic E-state index is 11.3. The topological polar surface area (TPSA) is 65.7 Å². The molecule has 23 heavy (non-hydrogen) atoms. The lowest BCUT2D eigenvalue weighted by Crippen LogP contribution is -2.49. The molecule has 0 spiro atoms. The number of hydrogen-bond donors (Lipinski definition) is 2. The van der Waals surface area contributed by atoms with Crippen LogP contribution >= 0.6 is 0 Å².